The molecule has 10 aromatic carbocycles. The van der Waals surface area contributed by atoms with E-state index in [2.05, 4.69) is 254 Å². The van der Waals surface area contributed by atoms with Gasteiger partial charge in [0.15, 0.2) is 0 Å². The molecule has 0 saturated carbocycles. The summed E-state index contributed by atoms with van der Waals surface area (Å²) in [7, 11) is 0. The minimum Gasteiger partial charge on any atom is -0.310 e. The van der Waals surface area contributed by atoms with Gasteiger partial charge in [0.05, 0.1) is 5.41 Å². The van der Waals surface area contributed by atoms with E-state index >= 15 is 0 Å². The molecule has 10 aromatic rings. The summed E-state index contributed by atoms with van der Waals surface area (Å²) in [6, 6.07) is 85.7. The molecular formula is C62H44N2. The van der Waals surface area contributed by atoms with Crippen LogP contribution >= 0.6 is 0 Å². The maximum Gasteiger partial charge on any atom is 0.0727 e. The van der Waals surface area contributed by atoms with Gasteiger partial charge in [-0.1, -0.05) is 172 Å². The fraction of sp³-hybridized carbons (Fsp3) is 0.0645. The van der Waals surface area contributed by atoms with Crippen molar-refractivity contribution in [1.82, 2.24) is 0 Å². The molecule has 0 unspecified atom stereocenters. The van der Waals surface area contributed by atoms with Gasteiger partial charge in [-0.2, -0.15) is 0 Å². The SMILES string of the molecule is CC1(C)c2ccccc2-c2ccc3c(c21)-c1cccc2cccc(c12)C31c2cc(N(c3ccccc3)c3ccccc3)ccc2-c2ccc(N(c3ccccc3)c3ccccc3)cc21. The van der Waals surface area contributed by atoms with Gasteiger partial charge in [-0.3, -0.25) is 0 Å². The predicted octanol–water partition coefficient (Wildman–Crippen LogP) is 16.4. The summed E-state index contributed by atoms with van der Waals surface area (Å²) in [5.41, 5.74) is 21.8. The van der Waals surface area contributed by atoms with Crippen LogP contribution in [0, 0.1) is 0 Å². The number of para-hydroxylation sites is 4. The zero-order valence-electron chi connectivity index (χ0n) is 35.8. The average Bonchev–Trinajstić information content (AvgIpc) is 3.76. The Morgan fingerprint density at radius 3 is 1.25 bits per heavy atom. The van der Waals surface area contributed by atoms with Gasteiger partial charge < -0.3 is 9.80 Å². The van der Waals surface area contributed by atoms with Crippen LogP contribution in [0.4, 0.5) is 34.1 Å². The lowest BCUT2D eigenvalue weighted by Gasteiger charge is -2.42. The van der Waals surface area contributed by atoms with Gasteiger partial charge in [0, 0.05) is 39.5 Å². The summed E-state index contributed by atoms with van der Waals surface area (Å²) in [5.74, 6) is 0. The highest BCUT2D eigenvalue weighted by Gasteiger charge is 2.53. The van der Waals surface area contributed by atoms with Gasteiger partial charge >= 0.3 is 0 Å². The number of fused-ring (bicyclic) bond motifs is 13. The van der Waals surface area contributed by atoms with Crippen molar-refractivity contribution in [3.63, 3.8) is 0 Å². The Balaban J connectivity index is 1.18. The zero-order chi connectivity index (χ0) is 42.6. The van der Waals surface area contributed by atoms with Crippen molar-refractivity contribution in [1.29, 1.82) is 0 Å². The molecule has 3 aliphatic rings. The lowest BCUT2D eigenvalue weighted by Crippen LogP contribution is -2.33. The molecular weight excluding hydrogens is 773 g/mol. The maximum atomic E-state index is 2.52. The number of nitrogens with zero attached hydrogens (tertiary/aromatic N) is 2. The molecule has 0 aliphatic heterocycles. The van der Waals surface area contributed by atoms with E-state index in [4.69, 9.17) is 0 Å². The normalized spacial score (nSPS) is 14.0. The molecule has 302 valence electrons. The molecule has 0 fully saturated rings. The third kappa shape index (κ3) is 5.02. The van der Waals surface area contributed by atoms with Crippen LogP contribution in [0.3, 0.4) is 0 Å². The van der Waals surface area contributed by atoms with Crippen LogP contribution in [0.15, 0.2) is 231 Å². The van der Waals surface area contributed by atoms with Crippen LogP contribution in [0.1, 0.15) is 47.2 Å². The zero-order valence-corrected chi connectivity index (χ0v) is 35.8. The third-order valence-electron chi connectivity index (χ3n) is 14.4. The van der Waals surface area contributed by atoms with Crippen molar-refractivity contribution in [3.8, 4) is 33.4 Å². The molecule has 64 heavy (non-hydrogen) atoms. The van der Waals surface area contributed by atoms with E-state index in [1.165, 1.54) is 77.5 Å². The van der Waals surface area contributed by atoms with E-state index in [-0.39, 0.29) is 5.41 Å². The van der Waals surface area contributed by atoms with Crippen LogP contribution in [-0.2, 0) is 10.8 Å². The lowest BCUT2D eigenvalue weighted by molar-refractivity contribution is 0.657. The summed E-state index contributed by atoms with van der Waals surface area (Å²) in [4.78, 5) is 4.82. The first-order valence-corrected chi connectivity index (χ1v) is 22.4. The highest BCUT2D eigenvalue weighted by molar-refractivity contribution is 6.10. The highest BCUT2D eigenvalue weighted by atomic mass is 15.1. The van der Waals surface area contributed by atoms with Crippen molar-refractivity contribution in [2.24, 2.45) is 0 Å². The summed E-state index contributed by atoms with van der Waals surface area (Å²) in [6.45, 7) is 4.88. The standard InChI is InChI=1S/C62H44N2/c1-61(2)53-31-16-15-29-48(53)51-37-38-55-59(60(51)61)52-30-17-19-41-20-18-32-54(58(41)52)62(55)56-39-46(63(42-21-7-3-8-22-42)43-23-9-4-10-24-43)33-35-49(56)50-36-34-47(40-57(50)62)64(44-25-11-5-12-26-44)45-27-13-6-14-28-45/h3-40H,1-2H3. The molecule has 0 atom stereocenters. The quantitative estimate of drug-likeness (QED) is 0.165. The van der Waals surface area contributed by atoms with Crippen molar-refractivity contribution < 1.29 is 0 Å². The molecule has 0 aromatic heterocycles. The molecule has 0 N–H and O–H groups in total. The molecule has 0 heterocycles. The minimum absolute atomic E-state index is 0.226. The van der Waals surface area contributed by atoms with E-state index in [0.717, 1.165) is 34.1 Å². The van der Waals surface area contributed by atoms with E-state index in [1.807, 2.05) is 0 Å². The first-order chi connectivity index (χ1) is 31.5. The number of anilines is 6. The molecule has 0 radical (unpaired) electrons. The lowest BCUT2D eigenvalue weighted by atomic mass is 9.59. The number of hydrogen-bond donors (Lipinski definition) is 0. The van der Waals surface area contributed by atoms with Crippen LogP contribution < -0.4 is 9.80 Å². The fourth-order valence-electron chi connectivity index (χ4n) is 11.8. The molecule has 2 nitrogen and oxygen atoms in total. The first kappa shape index (κ1) is 36.7. The molecule has 0 amide bonds. The van der Waals surface area contributed by atoms with Gasteiger partial charge in [0.2, 0.25) is 0 Å². The second-order valence-electron chi connectivity index (χ2n) is 18.0. The van der Waals surface area contributed by atoms with Crippen molar-refractivity contribution in [3.05, 3.63) is 264 Å². The third-order valence-corrected chi connectivity index (χ3v) is 14.4. The molecule has 3 aliphatic carbocycles. The van der Waals surface area contributed by atoms with E-state index < -0.39 is 5.41 Å². The second-order valence-corrected chi connectivity index (χ2v) is 18.0. The van der Waals surface area contributed by atoms with Crippen LogP contribution in [-0.4, -0.2) is 0 Å². The smallest absolute Gasteiger partial charge is 0.0727 e. The summed E-state index contributed by atoms with van der Waals surface area (Å²) in [6.07, 6.45) is 0. The Hall–Kier alpha value is -7.94. The van der Waals surface area contributed by atoms with Gasteiger partial charge in [-0.15, -0.1) is 0 Å². The molecule has 1 spiro atoms. The highest BCUT2D eigenvalue weighted by Crippen LogP contribution is 2.66. The first-order valence-electron chi connectivity index (χ1n) is 22.4. The van der Waals surface area contributed by atoms with E-state index in [9.17, 15) is 0 Å². The van der Waals surface area contributed by atoms with Crippen molar-refractivity contribution in [2.75, 3.05) is 9.80 Å². The molecule has 0 saturated heterocycles. The number of hydrogen-bond acceptors (Lipinski definition) is 2. The summed E-state index contributed by atoms with van der Waals surface area (Å²) in [5, 5.41) is 2.59. The Kier molecular flexibility index (Phi) is 7.90. The largest absolute Gasteiger partial charge is 0.310 e. The summed E-state index contributed by atoms with van der Waals surface area (Å²) >= 11 is 0. The molecule has 2 heteroatoms. The van der Waals surface area contributed by atoms with Gasteiger partial charge in [0.25, 0.3) is 0 Å². The average molecular weight is 817 g/mol. The minimum atomic E-state index is -0.669. The van der Waals surface area contributed by atoms with E-state index in [1.54, 1.807) is 0 Å². The summed E-state index contributed by atoms with van der Waals surface area (Å²) < 4.78 is 0. The van der Waals surface area contributed by atoms with Crippen LogP contribution in [0.25, 0.3) is 44.2 Å². The monoisotopic (exact) mass is 816 g/mol. The Bertz CT molecular complexity index is 3250. The predicted molar refractivity (Wildman–Crippen MR) is 267 cm³/mol. The Labute approximate surface area is 375 Å². The van der Waals surface area contributed by atoms with E-state index in [0.29, 0.717) is 0 Å². The van der Waals surface area contributed by atoms with Crippen molar-refractivity contribution >= 4 is 44.9 Å². The molecule has 13 rings (SSSR count). The van der Waals surface area contributed by atoms with Crippen LogP contribution in [0.5, 0.6) is 0 Å². The van der Waals surface area contributed by atoms with Gasteiger partial charge in [-0.25, -0.2) is 0 Å². The topological polar surface area (TPSA) is 6.48 Å². The van der Waals surface area contributed by atoms with Crippen molar-refractivity contribution in [2.45, 2.75) is 24.7 Å². The molecule has 0 bridgehead atoms. The van der Waals surface area contributed by atoms with Crippen LogP contribution in [0.2, 0.25) is 0 Å². The van der Waals surface area contributed by atoms with Gasteiger partial charge in [-0.05, 0) is 150 Å². The number of rotatable bonds is 6. The number of benzene rings is 10. The Morgan fingerprint density at radius 1 is 0.297 bits per heavy atom. The maximum absolute atomic E-state index is 2.52. The Morgan fingerprint density at radius 2 is 0.719 bits per heavy atom. The second kappa shape index (κ2) is 13.8. The van der Waals surface area contributed by atoms with Gasteiger partial charge in [0.1, 0.15) is 0 Å². The fourth-order valence-corrected chi connectivity index (χ4v) is 11.8.